The summed E-state index contributed by atoms with van der Waals surface area (Å²) in [7, 11) is 0. The number of ether oxygens (including phenoxy) is 1. The number of rotatable bonds is 7. The van der Waals surface area contributed by atoms with E-state index in [4.69, 9.17) is 9.84 Å². The second-order valence-electron chi connectivity index (χ2n) is 10.1. The van der Waals surface area contributed by atoms with Crippen LogP contribution in [0.2, 0.25) is 0 Å². The minimum Gasteiger partial charge on any atom is -0.481 e. The van der Waals surface area contributed by atoms with Crippen LogP contribution in [-0.2, 0) is 14.3 Å². The van der Waals surface area contributed by atoms with Gasteiger partial charge in [0.15, 0.2) is 0 Å². The number of aliphatic carboxylic acids is 1. The minimum absolute atomic E-state index is 0.00374. The summed E-state index contributed by atoms with van der Waals surface area (Å²) in [5, 5.41) is 14.9. The van der Waals surface area contributed by atoms with Crippen LogP contribution in [0.15, 0.2) is 48.5 Å². The second-order valence-corrected chi connectivity index (χ2v) is 10.1. The average Bonchev–Trinajstić information content (AvgIpc) is 3.15. The van der Waals surface area contributed by atoms with Crippen molar-refractivity contribution in [3.8, 4) is 11.1 Å². The minimum atomic E-state index is -0.792. The van der Waals surface area contributed by atoms with Crippen LogP contribution < -0.4 is 10.6 Å². The van der Waals surface area contributed by atoms with E-state index in [2.05, 4.69) is 34.9 Å². The number of amides is 2. The van der Waals surface area contributed by atoms with Gasteiger partial charge in [-0.25, -0.2) is 4.79 Å². The first-order chi connectivity index (χ1) is 17.0. The Morgan fingerprint density at radius 1 is 0.886 bits per heavy atom. The van der Waals surface area contributed by atoms with E-state index >= 15 is 0 Å². The number of benzene rings is 2. The van der Waals surface area contributed by atoms with E-state index in [1.165, 1.54) is 11.1 Å². The number of hydrogen-bond donors (Lipinski definition) is 3. The first-order valence-corrected chi connectivity index (χ1v) is 12.6. The molecule has 2 aromatic carbocycles. The molecule has 0 bridgehead atoms. The van der Waals surface area contributed by atoms with Crippen molar-refractivity contribution in [2.75, 3.05) is 6.61 Å². The third-order valence-electron chi connectivity index (χ3n) is 7.80. The van der Waals surface area contributed by atoms with Crippen LogP contribution in [0.5, 0.6) is 0 Å². The maximum atomic E-state index is 12.9. The summed E-state index contributed by atoms with van der Waals surface area (Å²) in [6.45, 7) is 0.247. The van der Waals surface area contributed by atoms with Gasteiger partial charge in [-0.15, -0.1) is 0 Å². The van der Waals surface area contributed by atoms with Crippen LogP contribution in [0.3, 0.4) is 0 Å². The van der Waals surface area contributed by atoms with Gasteiger partial charge < -0.3 is 20.5 Å². The van der Waals surface area contributed by atoms with E-state index in [1.807, 2.05) is 24.3 Å². The smallest absolute Gasteiger partial charge is 0.407 e. The fourth-order valence-electron chi connectivity index (χ4n) is 5.98. The topological polar surface area (TPSA) is 105 Å². The zero-order valence-corrected chi connectivity index (χ0v) is 19.7. The summed E-state index contributed by atoms with van der Waals surface area (Å²) in [4.78, 5) is 36.6. The molecule has 0 unspecified atom stereocenters. The molecule has 7 heteroatoms. The average molecular weight is 477 g/mol. The third-order valence-corrected chi connectivity index (χ3v) is 7.80. The van der Waals surface area contributed by atoms with Crippen molar-refractivity contribution in [3.05, 3.63) is 59.7 Å². The Bertz CT molecular complexity index is 1060. The molecular formula is C28H32N2O5. The van der Waals surface area contributed by atoms with E-state index in [-0.39, 0.29) is 48.8 Å². The largest absolute Gasteiger partial charge is 0.481 e. The Morgan fingerprint density at radius 3 is 2.17 bits per heavy atom. The Kier molecular flexibility index (Phi) is 6.75. The molecule has 0 heterocycles. The van der Waals surface area contributed by atoms with Gasteiger partial charge in [0.2, 0.25) is 5.91 Å². The van der Waals surface area contributed by atoms with E-state index in [0.717, 1.165) is 36.8 Å². The highest BCUT2D eigenvalue weighted by Gasteiger charge is 2.37. The fraction of sp³-hybridized carbons (Fsp3) is 0.464. The SMILES string of the molecule is O=C(O)CC1CC(NC(=O)[C@@H]2CCCC[C@@H]2NC(=O)OCC2c3ccccc3-c3ccccc32)C1. The molecule has 3 N–H and O–H groups in total. The molecule has 2 amide bonds. The normalized spacial score (nSPS) is 25.0. The molecular weight excluding hydrogens is 444 g/mol. The molecule has 0 aliphatic heterocycles. The molecule has 184 valence electrons. The molecule has 2 fully saturated rings. The van der Waals surface area contributed by atoms with Crippen LogP contribution in [0.4, 0.5) is 4.79 Å². The number of alkyl carbamates (subject to hydrolysis) is 1. The molecule has 3 aliphatic carbocycles. The van der Waals surface area contributed by atoms with Crippen molar-refractivity contribution in [2.45, 2.75) is 62.9 Å². The molecule has 3 aliphatic rings. The first-order valence-electron chi connectivity index (χ1n) is 12.6. The van der Waals surface area contributed by atoms with Crippen molar-refractivity contribution in [2.24, 2.45) is 11.8 Å². The Labute approximate surface area is 205 Å². The zero-order valence-electron chi connectivity index (χ0n) is 19.7. The van der Waals surface area contributed by atoms with Gasteiger partial charge in [0.05, 0.1) is 5.92 Å². The van der Waals surface area contributed by atoms with Crippen LogP contribution >= 0.6 is 0 Å². The van der Waals surface area contributed by atoms with Crippen LogP contribution in [0.1, 0.15) is 62.0 Å². The van der Waals surface area contributed by atoms with E-state index in [9.17, 15) is 14.4 Å². The predicted molar refractivity (Wildman–Crippen MR) is 131 cm³/mol. The summed E-state index contributed by atoms with van der Waals surface area (Å²) in [6, 6.07) is 16.2. The third kappa shape index (κ3) is 5.04. The number of nitrogens with one attached hydrogen (secondary N) is 2. The van der Waals surface area contributed by atoms with Crippen LogP contribution in [0, 0.1) is 11.8 Å². The van der Waals surface area contributed by atoms with Gasteiger partial charge in [0.25, 0.3) is 0 Å². The molecule has 0 aromatic heterocycles. The van der Waals surface area contributed by atoms with Gasteiger partial charge in [-0.2, -0.15) is 0 Å². The molecule has 5 rings (SSSR count). The maximum absolute atomic E-state index is 12.9. The van der Waals surface area contributed by atoms with E-state index < -0.39 is 12.1 Å². The molecule has 2 aromatic rings. The monoisotopic (exact) mass is 476 g/mol. The van der Waals surface area contributed by atoms with E-state index in [0.29, 0.717) is 12.8 Å². The Balaban J connectivity index is 1.16. The predicted octanol–water partition coefficient (Wildman–Crippen LogP) is 4.45. The molecule has 0 saturated heterocycles. The van der Waals surface area contributed by atoms with Crippen molar-refractivity contribution < 1.29 is 24.2 Å². The Morgan fingerprint density at radius 2 is 1.51 bits per heavy atom. The molecule has 0 radical (unpaired) electrons. The standard InChI is InChI=1S/C28H32N2O5/c31-26(32)15-17-13-18(14-17)29-27(33)23-11-5-6-12-25(23)30-28(34)35-16-24-21-9-3-1-7-19(21)20-8-2-4-10-22(20)24/h1-4,7-10,17-18,23-25H,5-6,11-16H2,(H,29,33)(H,30,34)(H,31,32)/t17?,18?,23-,25+/m1/s1. The van der Waals surface area contributed by atoms with Gasteiger partial charge in [0.1, 0.15) is 6.61 Å². The number of carboxylic acids is 1. The van der Waals surface area contributed by atoms with Gasteiger partial charge in [-0.1, -0.05) is 61.4 Å². The van der Waals surface area contributed by atoms with E-state index in [1.54, 1.807) is 0 Å². The quantitative estimate of drug-likeness (QED) is 0.548. The lowest BCUT2D eigenvalue weighted by molar-refractivity contribution is -0.139. The second kappa shape index (κ2) is 10.1. The van der Waals surface area contributed by atoms with Crippen LogP contribution in [0.25, 0.3) is 11.1 Å². The maximum Gasteiger partial charge on any atom is 0.407 e. The lowest BCUT2D eigenvalue weighted by atomic mass is 9.77. The first kappa shape index (κ1) is 23.4. The summed E-state index contributed by atoms with van der Waals surface area (Å²) in [5.74, 6) is -0.996. The fourth-order valence-corrected chi connectivity index (χ4v) is 5.98. The van der Waals surface area contributed by atoms with Gasteiger partial charge in [-0.3, -0.25) is 9.59 Å². The number of hydrogen-bond acceptors (Lipinski definition) is 4. The summed E-state index contributed by atoms with van der Waals surface area (Å²) < 4.78 is 5.70. The highest BCUT2D eigenvalue weighted by Crippen LogP contribution is 2.44. The number of carboxylic acid groups (broad SMARTS) is 1. The zero-order chi connectivity index (χ0) is 24.4. The van der Waals surface area contributed by atoms with Gasteiger partial charge in [-0.05, 0) is 53.9 Å². The van der Waals surface area contributed by atoms with Crippen molar-refractivity contribution in [1.29, 1.82) is 0 Å². The lowest BCUT2D eigenvalue weighted by Gasteiger charge is -2.38. The summed E-state index contributed by atoms with van der Waals surface area (Å²) >= 11 is 0. The molecule has 0 spiro atoms. The lowest BCUT2D eigenvalue weighted by Crippen LogP contribution is -2.53. The molecule has 35 heavy (non-hydrogen) atoms. The number of carbonyl (C=O) groups is 3. The highest BCUT2D eigenvalue weighted by molar-refractivity contribution is 5.81. The van der Waals surface area contributed by atoms with Gasteiger partial charge >= 0.3 is 12.1 Å². The summed E-state index contributed by atoms with van der Waals surface area (Å²) in [5.41, 5.74) is 4.70. The van der Waals surface area contributed by atoms with Crippen molar-refractivity contribution in [1.82, 2.24) is 10.6 Å². The molecule has 2 saturated carbocycles. The molecule has 7 nitrogen and oxygen atoms in total. The van der Waals surface area contributed by atoms with Crippen LogP contribution in [-0.4, -0.2) is 41.8 Å². The van der Waals surface area contributed by atoms with Crippen molar-refractivity contribution in [3.63, 3.8) is 0 Å². The Hall–Kier alpha value is -3.35. The highest BCUT2D eigenvalue weighted by atomic mass is 16.5. The van der Waals surface area contributed by atoms with Gasteiger partial charge in [0, 0.05) is 24.4 Å². The summed E-state index contributed by atoms with van der Waals surface area (Å²) in [6.07, 6.45) is 4.46. The number of carbonyl (C=O) groups excluding carboxylic acids is 2. The molecule has 2 atom stereocenters. The number of fused-ring (bicyclic) bond motifs is 3. The van der Waals surface area contributed by atoms with Crippen molar-refractivity contribution >= 4 is 18.0 Å².